The van der Waals surface area contributed by atoms with Crippen LogP contribution in [0.2, 0.25) is 0 Å². The summed E-state index contributed by atoms with van der Waals surface area (Å²) in [6.07, 6.45) is 0. The molecule has 0 saturated carbocycles. The average Bonchev–Trinajstić information content (AvgIpc) is 3.02. The summed E-state index contributed by atoms with van der Waals surface area (Å²) in [4.78, 5) is 26.0. The van der Waals surface area contributed by atoms with Crippen molar-refractivity contribution in [3.63, 3.8) is 0 Å². The minimum atomic E-state index is -3.63. The molecule has 162 valence electrons. The third-order valence-corrected chi connectivity index (χ3v) is 7.85. The van der Waals surface area contributed by atoms with Gasteiger partial charge in [0, 0.05) is 23.5 Å². The van der Waals surface area contributed by atoms with Gasteiger partial charge in [0.2, 0.25) is 10.0 Å². The Balaban J connectivity index is 1.79. The normalized spacial score (nSPS) is 15.0. The topological polar surface area (TPSA) is 102 Å². The second-order valence-corrected chi connectivity index (χ2v) is 9.87. The van der Waals surface area contributed by atoms with E-state index in [0.717, 1.165) is 10.4 Å². The molecule has 1 aromatic heterocycles. The van der Waals surface area contributed by atoms with Crippen LogP contribution in [0.3, 0.4) is 0 Å². The number of hydrogen-bond donors (Lipinski definition) is 1. The van der Waals surface area contributed by atoms with E-state index in [9.17, 15) is 18.0 Å². The van der Waals surface area contributed by atoms with Crippen LogP contribution in [0.4, 0.5) is 5.00 Å². The first kappa shape index (κ1) is 22.4. The van der Waals surface area contributed by atoms with Crippen LogP contribution in [0.1, 0.15) is 38.1 Å². The van der Waals surface area contributed by atoms with Crippen molar-refractivity contribution in [2.24, 2.45) is 0 Å². The third kappa shape index (κ3) is 4.56. The number of esters is 1. The summed E-state index contributed by atoms with van der Waals surface area (Å²) in [5.41, 5.74) is 1.40. The predicted molar refractivity (Wildman–Crippen MR) is 114 cm³/mol. The number of rotatable bonds is 6. The van der Waals surface area contributed by atoms with Gasteiger partial charge in [0.15, 0.2) is 0 Å². The Labute approximate surface area is 179 Å². The highest BCUT2D eigenvalue weighted by Crippen LogP contribution is 2.33. The van der Waals surface area contributed by atoms with Crippen molar-refractivity contribution in [2.45, 2.75) is 25.7 Å². The molecule has 1 aliphatic heterocycles. The molecule has 2 aromatic rings. The molecule has 2 heterocycles. The molecule has 0 bridgehead atoms. The smallest absolute Gasteiger partial charge is 0.341 e. The quantitative estimate of drug-likeness (QED) is 0.676. The predicted octanol–water partition coefficient (Wildman–Crippen LogP) is 2.81. The van der Waals surface area contributed by atoms with Crippen molar-refractivity contribution in [2.75, 3.05) is 38.2 Å². The van der Waals surface area contributed by atoms with E-state index in [4.69, 9.17) is 9.47 Å². The zero-order chi connectivity index (χ0) is 21.9. The van der Waals surface area contributed by atoms with Gasteiger partial charge in [0.1, 0.15) is 5.00 Å². The molecule has 3 rings (SSSR count). The number of morpholine rings is 1. The van der Waals surface area contributed by atoms with Crippen LogP contribution in [-0.2, 0) is 19.5 Å². The Morgan fingerprint density at radius 2 is 1.80 bits per heavy atom. The summed E-state index contributed by atoms with van der Waals surface area (Å²) in [7, 11) is -3.63. The van der Waals surface area contributed by atoms with Gasteiger partial charge in [0.25, 0.3) is 5.91 Å². The van der Waals surface area contributed by atoms with Crippen molar-refractivity contribution < 1.29 is 27.5 Å². The molecule has 1 fully saturated rings. The lowest BCUT2D eigenvalue weighted by atomic mass is 10.1. The van der Waals surface area contributed by atoms with Crippen molar-refractivity contribution in [3.8, 4) is 0 Å². The number of sulfonamides is 1. The molecule has 0 spiro atoms. The molecule has 1 N–H and O–H groups in total. The molecule has 0 aliphatic carbocycles. The third-order valence-electron chi connectivity index (χ3n) is 4.82. The van der Waals surface area contributed by atoms with E-state index in [-0.39, 0.29) is 17.1 Å². The number of nitrogens with zero attached hydrogens (tertiary/aromatic N) is 1. The fourth-order valence-electron chi connectivity index (χ4n) is 3.05. The van der Waals surface area contributed by atoms with E-state index in [1.165, 1.54) is 39.9 Å². The van der Waals surface area contributed by atoms with E-state index in [0.29, 0.717) is 36.9 Å². The summed E-state index contributed by atoms with van der Waals surface area (Å²) in [6, 6.07) is 5.74. The zero-order valence-electron chi connectivity index (χ0n) is 17.1. The van der Waals surface area contributed by atoms with Crippen LogP contribution in [0.25, 0.3) is 0 Å². The molecule has 1 aromatic carbocycles. The highest BCUT2D eigenvalue weighted by atomic mass is 32.2. The van der Waals surface area contributed by atoms with Gasteiger partial charge in [-0.25, -0.2) is 13.2 Å². The SMILES string of the molecule is CCOC(=O)c1c(NC(=O)c2ccc(S(=O)(=O)N3CCOCC3)cc2)sc(C)c1C. The van der Waals surface area contributed by atoms with E-state index >= 15 is 0 Å². The number of ether oxygens (including phenoxy) is 2. The van der Waals surface area contributed by atoms with E-state index in [2.05, 4.69) is 5.32 Å². The lowest BCUT2D eigenvalue weighted by Gasteiger charge is -2.26. The molecule has 30 heavy (non-hydrogen) atoms. The Kier molecular flexibility index (Phi) is 6.91. The van der Waals surface area contributed by atoms with Gasteiger partial charge in [-0.05, 0) is 50.6 Å². The summed E-state index contributed by atoms with van der Waals surface area (Å²) >= 11 is 1.30. The van der Waals surface area contributed by atoms with Gasteiger partial charge in [-0.15, -0.1) is 11.3 Å². The van der Waals surface area contributed by atoms with Gasteiger partial charge in [-0.3, -0.25) is 4.79 Å². The number of nitrogens with one attached hydrogen (secondary N) is 1. The number of aryl methyl sites for hydroxylation is 1. The number of anilines is 1. The van der Waals surface area contributed by atoms with Crippen molar-refractivity contribution in [1.29, 1.82) is 0 Å². The second kappa shape index (κ2) is 9.25. The Hall–Kier alpha value is -2.27. The second-order valence-electron chi connectivity index (χ2n) is 6.70. The largest absolute Gasteiger partial charge is 0.462 e. The number of carbonyl (C=O) groups excluding carboxylic acids is 2. The van der Waals surface area contributed by atoms with Gasteiger partial charge in [-0.1, -0.05) is 0 Å². The first-order valence-electron chi connectivity index (χ1n) is 9.52. The molecule has 0 unspecified atom stereocenters. The summed E-state index contributed by atoms with van der Waals surface area (Å²) < 4.78 is 37.1. The maximum atomic E-state index is 12.7. The van der Waals surface area contributed by atoms with Crippen LogP contribution in [0.15, 0.2) is 29.2 Å². The highest BCUT2D eigenvalue weighted by molar-refractivity contribution is 7.89. The summed E-state index contributed by atoms with van der Waals surface area (Å²) in [5, 5.41) is 3.17. The molecule has 0 atom stereocenters. The highest BCUT2D eigenvalue weighted by Gasteiger charge is 2.27. The summed E-state index contributed by atoms with van der Waals surface area (Å²) in [6.45, 7) is 6.96. The minimum absolute atomic E-state index is 0.121. The average molecular weight is 453 g/mol. The Morgan fingerprint density at radius 1 is 1.17 bits per heavy atom. The molecule has 10 heteroatoms. The molecule has 1 aliphatic rings. The molecule has 1 saturated heterocycles. The number of carbonyl (C=O) groups is 2. The number of amides is 1. The number of hydrogen-bond acceptors (Lipinski definition) is 7. The van der Waals surface area contributed by atoms with Gasteiger partial charge >= 0.3 is 5.97 Å². The Morgan fingerprint density at radius 3 is 2.40 bits per heavy atom. The van der Waals surface area contributed by atoms with Crippen LogP contribution >= 0.6 is 11.3 Å². The zero-order valence-corrected chi connectivity index (χ0v) is 18.7. The van der Waals surface area contributed by atoms with E-state index < -0.39 is 21.9 Å². The van der Waals surface area contributed by atoms with Crippen LogP contribution < -0.4 is 5.32 Å². The van der Waals surface area contributed by atoms with Crippen LogP contribution in [0.5, 0.6) is 0 Å². The van der Waals surface area contributed by atoms with Crippen molar-refractivity contribution in [1.82, 2.24) is 4.31 Å². The molecular formula is C20H24N2O6S2. The van der Waals surface area contributed by atoms with E-state index in [1.807, 2.05) is 6.92 Å². The molecular weight excluding hydrogens is 428 g/mol. The van der Waals surface area contributed by atoms with Crippen LogP contribution in [-0.4, -0.2) is 57.5 Å². The molecule has 8 nitrogen and oxygen atoms in total. The first-order chi connectivity index (χ1) is 14.3. The Bertz CT molecular complexity index is 1040. The van der Waals surface area contributed by atoms with Crippen molar-refractivity contribution in [3.05, 3.63) is 45.8 Å². The molecule has 0 radical (unpaired) electrons. The molecule has 1 amide bonds. The van der Waals surface area contributed by atoms with Gasteiger partial charge < -0.3 is 14.8 Å². The monoisotopic (exact) mass is 452 g/mol. The summed E-state index contributed by atoms with van der Waals surface area (Å²) in [5.74, 6) is -0.918. The number of benzene rings is 1. The fourth-order valence-corrected chi connectivity index (χ4v) is 5.51. The number of thiophene rings is 1. The van der Waals surface area contributed by atoms with Crippen LogP contribution in [0, 0.1) is 13.8 Å². The maximum absolute atomic E-state index is 12.7. The maximum Gasteiger partial charge on any atom is 0.341 e. The van der Waals surface area contributed by atoms with Crippen molar-refractivity contribution >= 4 is 38.2 Å². The van der Waals surface area contributed by atoms with E-state index in [1.54, 1.807) is 13.8 Å². The minimum Gasteiger partial charge on any atom is -0.462 e. The standard InChI is InChI=1S/C20H24N2O6S2/c1-4-28-20(24)17-13(2)14(3)29-19(17)21-18(23)15-5-7-16(8-6-15)30(25,26)22-9-11-27-12-10-22/h5-8H,4,9-12H2,1-3H3,(H,21,23). The fraction of sp³-hybridized carbons (Fsp3) is 0.400. The lowest BCUT2D eigenvalue weighted by molar-refractivity contribution is 0.0527. The van der Waals surface area contributed by atoms with Gasteiger partial charge in [-0.2, -0.15) is 4.31 Å². The van der Waals surface area contributed by atoms with Gasteiger partial charge in [0.05, 0.1) is 30.3 Å². The first-order valence-corrected chi connectivity index (χ1v) is 11.8. The lowest BCUT2D eigenvalue weighted by Crippen LogP contribution is -2.40.